The molecule has 0 fully saturated rings. The molecule has 2 aromatic carbocycles. The zero-order valence-electron chi connectivity index (χ0n) is 14.3. The molecule has 6 heteroatoms. The van der Waals surface area contributed by atoms with Crippen LogP contribution in [-0.4, -0.2) is 17.0 Å². The van der Waals surface area contributed by atoms with Gasteiger partial charge in [-0.3, -0.25) is 9.59 Å². The minimum absolute atomic E-state index is 0.0563. The molecule has 0 saturated carbocycles. The van der Waals surface area contributed by atoms with E-state index < -0.39 is 11.9 Å². The lowest BCUT2D eigenvalue weighted by Crippen LogP contribution is -2.15. The average Bonchev–Trinajstić information content (AvgIpc) is 2.53. The predicted octanol–water partition coefficient (Wildman–Crippen LogP) is 4.56. The second-order valence-corrected chi connectivity index (χ2v) is 6.50. The molecule has 25 heavy (non-hydrogen) atoms. The maximum atomic E-state index is 12.5. The Labute approximate surface area is 151 Å². The number of phenolic OH excluding ortho intramolecular Hbond substituents is 1. The van der Waals surface area contributed by atoms with Crippen molar-refractivity contribution < 1.29 is 19.4 Å². The van der Waals surface area contributed by atoms with Gasteiger partial charge in [-0.05, 0) is 36.6 Å². The topological polar surface area (TPSA) is 75.6 Å². The van der Waals surface area contributed by atoms with Gasteiger partial charge in [0.15, 0.2) is 5.75 Å². The number of amides is 1. The van der Waals surface area contributed by atoms with Crippen LogP contribution < -0.4 is 10.1 Å². The fraction of sp³-hybridized carbons (Fsp3) is 0.263. The van der Waals surface area contributed by atoms with Gasteiger partial charge in [0, 0.05) is 12.1 Å². The number of carbonyl (C=O) groups is 2. The summed E-state index contributed by atoms with van der Waals surface area (Å²) in [4.78, 5) is 24.4. The molecular formula is C19H20ClNO4. The molecule has 132 valence electrons. The molecule has 0 aromatic heterocycles. The van der Waals surface area contributed by atoms with Crippen LogP contribution in [0, 0.1) is 12.8 Å². The van der Waals surface area contributed by atoms with Crippen LogP contribution in [0.25, 0.3) is 0 Å². The van der Waals surface area contributed by atoms with Crippen LogP contribution in [0.4, 0.5) is 5.69 Å². The average molecular weight is 362 g/mol. The minimum atomic E-state index is -0.585. The Morgan fingerprint density at radius 1 is 1.24 bits per heavy atom. The fourth-order valence-electron chi connectivity index (χ4n) is 2.25. The van der Waals surface area contributed by atoms with E-state index >= 15 is 0 Å². The first-order chi connectivity index (χ1) is 11.8. The van der Waals surface area contributed by atoms with Crippen LogP contribution in [0.5, 0.6) is 11.5 Å². The molecule has 0 unspecified atom stereocenters. The molecule has 0 saturated heterocycles. The first kappa shape index (κ1) is 18.8. The number of hydrogen-bond donors (Lipinski definition) is 2. The van der Waals surface area contributed by atoms with Crippen molar-refractivity contribution in [3.05, 3.63) is 52.5 Å². The first-order valence-corrected chi connectivity index (χ1v) is 8.26. The number of halogens is 1. The Bertz CT molecular complexity index is 788. The summed E-state index contributed by atoms with van der Waals surface area (Å²) >= 11 is 6.23. The van der Waals surface area contributed by atoms with Gasteiger partial charge < -0.3 is 15.2 Å². The lowest BCUT2D eigenvalue weighted by molar-refractivity contribution is -0.135. The van der Waals surface area contributed by atoms with Crippen LogP contribution in [-0.2, 0) is 4.79 Å². The second kappa shape index (κ2) is 8.03. The third-order valence-corrected chi connectivity index (χ3v) is 3.83. The van der Waals surface area contributed by atoms with E-state index in [0.29, 0.717) is 11.3 Å². The Balaban J connectivity index is 2.34. The summed E-state index contributed by atoms with van der Waals surface area (Å²) < 4.78 is 5.27. The maximum Gasteiger partial charge on any atom is 0.311 e. The van der Waals surface area contributed by atoms with Gasteiger partial charge in [-0.2, -0.15) is 0 Å². The molecule has 1 amide bonds. The smallest absolute Gasteiger partial charge is 0.311 e. The Morgan fingerprint density at radius 3 is 2.48 bits per heavy atom. The van der Waals surface area contributed by atoms with Crippen molar-refractivity contribution in [2.45, 2.75) is 27.2 Å². The maximum absolute atomic E-state index is 12.5. The van der Waals surface area contributed by atoms with Gasteiger partial charge >= 0.3 is 5.97 Å². The van der Waals surface area contributed by atoms with E-state index in [1.807, 2.05) is 19.9 Å². The van der Waals surface area contributed by atoms with Gasteiger partial charge in [0.1, 0.15) is 11.3 Å². The summed E-state index contributed by atoms with van der Waals surface area (Å²) in [5.74, 6) is -1.09. The number of para-hydroxylation sites is 1. The number of nitrogens with one attached hydrogen (secondary N) is 1. The van der Waals surface area contributed by atoms with Crippen molar-refractivity contribution in [2.24, 2.45) is 5.92 Å². The van der Waals surface area contributed by atoms with Gasteiger partial charge in [0.2, 0.25) is 0 Å². The van der Waals surface area contributed by atoms with Crippen LogP contribution in [0.3, 0.4) is 0 Å². The standard InChI is InChI=1S/C19H20ClNO4/c1-11(2)9-15(22)25-14-10-12(3)18(23)16(17(14)20)19(24)21-13-7-5-4-6-8-13/h4-8,10-11,23H,9H2,1-3H3,(H,21,24). The van der Waals surface area contributed by atoms with E-state index in [-0.39, 0.29) is 34.4 Å². The molecular weight excluding hydrogens is 342 g/mol. The quantitative estimate of drug-likeness (QED) is 0.604. The number of phenols is 1. The molecule has 0 radical (unpaired) electrons. The zero-order chi connectivity index (χ0) is 18.6. The van der Waals surface area contributed by atoms with Crippen LogP contribution in [0.15, 0.2) is 36.4 Å². The molecule has 0 atom stereocenters. The van der Waals surface area contributed by atoms with Crippen molar-refractivity contribution in [3.8, 4) is 11.5 Å². The summed E-state index contributed by atoms with van der Waals surface area (Å²) in [6.07, 6.45) is 0.224. The highest BCUT2D eigenvalue weighted by Crippen LogP contribution is 2.38. The third kappa shape index (κ3) is 4.73. The van der Waals surface area contributed by atoms with Gasteiger partial charge in [-0.25, -0.2) is 0 Å². The van der Waals surface area contributed by atoms with Crippen molar-refractivity contribution in [1.29, 1.82) is 0 Å². The highest BCUT2D eigenvalue weighted by Gasteiger charge is 2.23. The van der Waals surface area contributed by atoms with E-state index in [0.717, 1.165) is 0 Å². The number of ether oxygens (including phenoxy) is 1. The molecule has 0 heterocycles. The highest BCUT2D eigenvalue weighted by atomic mass is 35.5. The SMILES string of the molecule is Cc1cc(OC(=O)CC(C)C)c(Cl)c(C(=O)Nc2ccccc2)c1O. The molecule has 0 bridgehead atoms. The zero-order valence-corrected chi connectivity index (χ0v) is 15.1. The van der Waals surface area contributed by atoms with E-state index in [2.05, 4.69) is 5.32 Å². The molecule has 5 nitrogen and oxygen atoms in total. The van der Waals surface area contributed by atoms with Crippen LogP contribution >= 0.6 is 11.6 Å². The summed E-state index contributed by atoms with van der Waals surface area (Å²) in [5.41, 5.74) is 0.815. The molecule has 2 rings (SSSR count). The monoisotopic (exact) mass is 361 g/mol. The number of aryl methyl sites for hydroxylation is 1. The van der Waals surface area contributed by atoms with Gasteiger partial charge in [0.25, 0.3) is 5.91 Å². The largest absolute Gasteiger partial charge is 0.507 e. The number of esters is 1. The summed E-state index contributed by atoms with van der Waals surface area (Å²) in [6.45, 7) is 5.39. The molecule has 2 N–H and O–H groups in total. The van der Waals surface area contributed by atoms with Crippen LogP contribution in [0.1, 0.15) is 36.2 Å². The van der Waals surface area contributed by atoms with Gasteiger partial charge in [0.05, 0.1) is 5.02 Å². The molecule has 0 spiro atoms. The van der Waals surface area contributed by atoms with Crippen molar-refractivity contribution in [1.82, 2.24) is 0 Å². The lowest BCUT2D eigenvalue weighted by atomic mass is 10.1. The Morgan fingerprint density at radius 2 is 1.88 bits per heavy atom. The molecule has 0 aliphatic heterocycles. The predicted molar refractivity (Wildman–Crippen MR) is 97.3 cm³/mol. The summed E-state index contributed by atoms with van der Waals surface area (Å²) in [7, 11) is 0. The van der Waals surface area contributed by atoms with E-state index in [4.69, 9.17) is 16.3 Å². The number of hydrogen-bond acceptors (Lipinski definition) is 4. The normalized spacial score (nSPS) is 10.6. The third-order valence-electron chi connectivity index (χ3n) is 3.45. The molecule has 0 aliphatic rings. The van der Waals surface area contributed by atoms with Crippen molar-refractivity contribution in [3.63, 3.8) is 0 Å². The Kier molecular flexibility index (Phi) is 6.04. The first-order valence-electron chi connectivity index (χ1n) is 7.88. The molecule has 2 aromatic rings. The van der Waals surface area contributed by atoms with E-state index in [1.165, 1.54) is 6.07 Å². The van der Waals surface area contributed by atoms with Crippen molar-refractivity contribution in [2.75, 3.05) is 5.32 Å². The van der Waals surface area contributed by atoms with E-state index in [9.17, 15) is 14.7 Å². The van der Waals surface area contributed by atoms with Gasteiger partial charge in [-0.1, -0.05) is 43.6 Å². The summed E-state index contributed by atoms with van der Waals surface area (Å²) in [6, 6.07) is 10.2. The number of benzene rings is 2. The van der Waals surface area contributed by atoms with Crippen LogP contribution in [0.2, 0.25) is 5.02 Å². The number of rotatable bonds is 5. The number of carbonyl (C=O) groups excluding carboxylic acids is 2. The minimum Gasteiger partial charge on any atom is -0.507 e. The Hall–Kier alpha value is -2.53. The highest BCUT2D eigenvalue weighted by molar-refractivity contribution is 6.36. The van der Waals surface area contributed by atoms with Gasteiger partial charge in [-0.15, -0.1) is 0 Å². The lowest BCUT2D eigenvalue weighted by Gasteiger charge is -2.14. The fourth-order valence-corrected chi connectivity index (χ4v) is 2.52. The second-order valence-electron chi connectivity index (χ2n) is 6.12. The number of anilines is 1. The van der Waals surface area contributed by atoms with Crippen molar-refractivity contribution >= 4 is 29.2 Å². The van der Waals surface area contributed by atoms with E-state index in [1.54, 1.807) is 31.2 Å². The summed E-state index contributed by atoms with van der Waals surface area (Å²) in [5, 5.41) is 12.8. The molecule has 0 aliphatic carbocycles. The number of aromatic hydroxyl groups is 1.